The first-order chi connectivity index (χ1) is 18.5. The number of carbonyl (C=O) groups is 5. The van der Waals surface area contributed by atoms with Crippen molar-refractivity contribution in [2.45, 2.75) is 12.8 Å². The van der Waals surface area contributed by atoms with Gasteiger partial charge in [0.05, 0.1) is 15.5 Å². The van der Waals surface area contributed by atoms with Crippen LogP contribution in [-0.4, -0.2) is 51.0 Å². The highest BCUT2D eigenvalue weighted by molar-refractivity contribution is 6.36. The molecule has 1 aliphatic heterocycles. The summed E-state index contributed by atoms with van der Waals surface area (Å²) in [4.78, 5) is 73.7. The van der Waals surface area contributed by atoms with E-state index < -0.39 is 40.9 Å². The quantitative estimate of drug-likeness (QED) is 0.0961. The van der Waals surface area contributed by atoms with Gasteiger partial charge in [-0.3, -0.25) is 29.3 Å². The highest BCUT2D eigenvalue weighted by atomic mass is 35.5. The van der Waals surface area contributed by atoms with Crippen LogP contribution in [0.2, 0.25) is 10.0 Å². The Bertz CT molecular complexity index is 1490. The minimum absolute atomic E-state index is 0.0657. The predicted molar refractivity (Wildman–Crippen MR) is 137 cm³/mol. The molecule has 3 aromatic carbocycles. The largest absolute Gasteiger partial charge is 0.423 e. The standard InChI is InChI=1S/C26H17Cl2N3O8/c27-17-5-10-20(21(28)13-17)26(36)39-19-8-3-15(4-9-19)22(32)14-29(30-23(33)11-12-24(30)34)25(35)16-1-6-18(7-2-16)31(37)38/h1-10,13H,11-12,14H2. The minimum atomic E-state index is -0.868. The lowest BCUT2D eigenvalue weighted by molar-refractivity contribution is -0.384. The fraction of sp³-hybridized carbons (Fsp3) is 0.115. The van der Waals surface area contributed by atoms with E-state index >= 15 is 0 Å². The monoisotopic (exact) mass is 569 g/mol. The third-order valence-electron chi connectivity index (χ3n) is 5.66. The van der Waals surface area contributed by atoms with E-state index in [-0.39, 0.29) is 46.0 Å². The van der Waals surface area contributed by atoms with Crippen molar-refractivity contribution in [3.05, 3.63) is 104 Å². The Hall–Kier alpha value is -4.61. The highest BCUT2D eigenvalue weighted by Gasteiger charge is 2.38. The van der Waals surface area contributed by atoms with Gasteiger partial charge in [-0.1, -0.05) is 23.2 Å². The maximum atomic E-state index is 13.2. The molecule has 1 saturated heterocycles. The second kappa shape index (κ2) is 11.4. The Morgan fingerprint density at radius 3 is 2.05 bits per heavy atom. The molecule has 0 atom stereocenters. The molecule has 1 fully saturated rings. The molecule has 13 heteroatoms. The SMILES string of the molecule is O=C(CN(C(=O)c1ccc([N+](=O)[O-])cc1)N1C(=O)CCC1=O)c1ccc(OC(=O)c2ccc(Cl)cc2Cl)cc1. The smallest absolute Gasteiger partial charge is 0.345 e. The van der Waals surface area contributed by atoms with Crippen LogP contribution in [0.1, 0.15) is 43.9 Å². The number of hydrazine groups is 1. The molecule has 3 aromatic rings. The predicted octanol–water partition coefficient (Wildman–Crippen LogP) is 4.51. The van der Waals surface area contributed by atoms with Crippen molar-refractivity contribution in [3.63, 3.8) is 0 Å². The highest BCUT2D eigenvalue weighted by Crippen LogP contribution is 2.24. The fourth-order valence-corrected chi connectivity index (χ4v) is 4.18. The van der Waals surface area contributed by atoms with E-state index in [9.17, 15) is 34.1 Å². The van der Waals surface area contributed by atoms with Gasteiger partial charge in [0.25, 0.3) is 11.6 Å². The van der Waals surface area contributed by atoms with E-state index in [1.807, 2.05) is 0 Å². The molecule has 11 nitrogen and oxygen atoms in total. The number of hydrogen-bond acceptors (Lipinski definition) is 8. The molecule has 3 amide bonds. The van der Waals surface area contributed by atoms with Crippen LogP contribution in [0.15, 0.2) is 66.7 Å². The Morgan fingerprint density at radius 1 is 0.897 bits per heavy atom. The van der Waals surface area contributed by atoms with Crippen LogP contribution in [0.5, 0.6) is 5.75 Å². The van der Waals surface area contributed by atoms with Crippen LogP contribution in [0, 0.1) is 10.1 Å². The summed E-state index contributed by atoms with van der Waals surface area (Å²) in [6.07, 6.45) is -0.260. The van der Waals surface area contributed by atoms with E-state index in [1.54, 1.807) is 0 Å². The summed E-state index contributed by atoms with van der Waals surface area (Å²) in [6, 6.07) is 14.2. The number of benzene rings is 3. The fourth-order valence-electron chi connectivity index (χ4n) is 3.70. The molecule has 4 rings (SSSR count). The number of rotatable bonds is 8. The molecular weight excluding hydrogens is 553 g/mol. The molecule has 39 heavy (non-hydrogen) atoms. The van der Waals surface area contributed by atoms with Gasteiger partial charge in [-0.25, -0.2) is 9.80 Å². The van der Waals surface area contributed by atoms with Crippen LogP contribution in [0.3, 0.4) is 0 Å². The van der Waals surface area contributed by atoms with Crippen LogP contribution < -0.4 is 4.74 Å². The van der Waals surface area contributed by atoms with E-state index in [0.717, 1.165) is 17.1 Å². The molecule has 1 heterocycles. The second-order valence-corrected chi connectivity index (χ2v) is 9.07. The summed E-state index contributed by atoms with van der Waals surface area (Å²) in [5, 5.41) is 12.7. The molecular formula is C26H17Cl2N3O8. The first-order valence-electron chi connectivity index (χ1n) is 11.3. The maximum absolute atomic E-state index is 13.2. The van der Waals surface area contributed by atoms with Crippen LogP contribution >= 0.6 is 23.2 Å². The van der Waals surface area contributed by atoms with Crippen molar-refractivity contribution in [3.8, 4) is 5.75 Å². The number of halogens is 2. The zero-order valence-electron chi connectivity index (χ0n) is 19.8. The average molecular weight is 570 g/mol. The van der Waals surface area contributed by atoms with Gasteiger partial charge in [-0.05, 0) is 54.6 Å². The normalized spacial score (nSPS) is 12.8. The lowest BCUT2D eigenvalue weighted by Crippen LogP contribution is -2.51. The summed E-state index contributed by atoms with van der Waals surface area (Å²) in [5.41, 5.74) is -0.146. The zero-order chi connectivity index (χ0) is 28.3. The lowest BCUT2D eigenvalue weighted by atomic mass is 10.1. The number of hydrogen-bond donors (Lipinski definition) is 0. The van der Waals surface area contributed by atoms with Gasteiger partial charge in [0.1, 0.15) is 12.3 Å². The Kier molecular flexibility index (Phi) is 8.03. The molecule has 198 valence electrons. The first-order valence-corrected chi connectivity index (χ1v) is 12.0. The molecule has 0 radical (unpaired) electrons. The third kappa shape index (κ3) is 6.11. The number of non-ortho nitro benzene ring substituents is 1. The summed E-state index contributed by atoms with van der Waals surface area (Å²) in [7, 11) is 0. The van der Waals surface area contributed by atoms with Crippen molar-refractivity contribution in [2.75, 3.05) is 6.54 Å². The number of nitrogens with zero attached hydrogens (tertiary/aromatic N) is 3. The molecule has 0 aliphatic carbocycles. The van der Waals surface area contributed by atoms with Crippen molar-refractivity contribution in [1.82, 2.24) is 10.0 Å². The van der Waals surface area contributed by atoms with Gasteiger partial charge in [0.15, 0.2) is 5.78 Å². The topological polar surface area (TPSA) is 144 Å². The van der Waals surface area contributed by atoms with E-state index in [1.165, 1.54) is 54.6 Å². The van der Waals surface area contributed by atoms with Crippen molar-refractivity contribution < 1.29 is 33.6 Å². The number of esters is 1. The molecule has 0 aromatic heterocycles. The third-order valence-corrected chi connectivity index (χ3v) is 6.21. The maximum Gasteiger partial charge on any atom is 0.345 e. The Labute approximate surface area is 230 Å². The second-order valence-electron chi connectivity index (χ2n) is 8.23. The van der Waals surface area contributed by atoms with Crippen molar-refractivity contribution in [2.24, 2.45) is 0 Å². The summed E-state index contributed by atoms with van der Waals surface area (Å²) in [6.45, 7) is -0.674. The number of Topliss-reactive ketones (excluding diaryl/α,β-unsaturated/α-hetero) is 1. The number of nitro benzene ring substituents is 1. The lowest BCUT2D eigenvalue weighted by Gasteiger charge is -2.29. The van der Waals surface area contributed by atoms with E-state index in [2.05, 4.69) is 0 Å². The average Bonchev–Trinajstić information content (AvgIpc) is 3.24. The molecule has 0 N–H and O–H groups in total. The molecule has 1 aliphatic rings. The van der Waals surface area contributed by atoms with Gasteiger partial charge in [-0.2, -0.15) is 5.01 Å². The summed E-state index contributed by atoms with van der Waals surface area (Å²) < 4.78 is 5.28. The van der Waals surface area contributed by atoms with Crippen molar-refractivity contribution in [1.29, 1.82) is 0 Å². The summed E-state index contributed by atoms with van der Waals surface area (Å²) >= 11 is 11.9. The van der Waals surface area contributed by atoms with Crippen LogP contribution in [-0.2, 0) is 9.59 Å². The van der Waals surface area contributed by atoms with Gasteiger partial charge in [0.2, 0.25) is 11.8 Å². The Morgan fingerprint density at radius 2 is 1.49 bits per heavy atom. The Balaban J connectivity index is 1.52. The molecule has 0 saturated carbocycles. The van der Waals surface area contributed by atoms with Gasteiger partial charge in [0, 0.05) is 41.1 Å². The first kappa shape index (κ1) is 27.4. The molecule has 0 spiro atoms. The number of ketones is 1. The number of nitro groups is 1. The van der Waals surface area contributed by atoms with Crippen molar-refractivity contribution >= 4 is 58.4 Å². The van der Waals surface area contributed by atoms with Gasteiger partial charge >= 0.3 is 5.97 Å². The zero-order valence-corrected chi connectivity index (χ0v) is 21.3. The van der Waals surface area contributed by atoms with E-state index in [4.69, 9.17) is 27.9 Å². The van der Waals surface area contributed by atoms with E-state index in [0.29, 0.717) is 10.0 Å². The molecule has 0 unspecified atom stereocenters. The van der Waals surface area contributed by atoms with Crippen LogP contribution in [0.4, 0.5) is 5.69 Å². The number of carbonyl (C=O) groups excluding carboxylic acids is 5. The summed E-state index contributed by atoms with van der Waals surface area (Å²) in [5.74, 6) is -3.46. The number of amides is 3. The van der Waals surface area contributed by atoms with Gasteiger partial charge in [-0.15, -0.1) is 0 Å². The minimum Gasteiger partial charge on any atom is -0.423 e. The van der Waals surface area contributed by atoms with Gasteiger partial charge < -0.3 is 4.74 Å². The van der Waals surface area contributed by atoms with Crippen LogP contribution in [0.25, 0.3) is 0 Å². The number of ether oxygens (including phenoxy) is 1. The number of imide groups is 1. The molecule has 0 bridgehead atoms.